The molecule has 0 aromatic heterocycles. The largest absolute Gasteiger partial charge is 0.396 e. The summed E-state index contributed by atoms with van der Waals surface area (Å²) < 4.78 is 5.54. The number of ether oxygens (including phenoxy) is 1. The van der Waals surface area contributed by atoms with Crippen LogP contribution in [0.4, 0.5) is 0 Å². The van der Waals surface area contributed by atoms with E-state index in [0.717, 1.165) is 26.1 Å². The Morgan fingerprint density at radius 2 is 1.79 bits per heavy atom. The molecule has 104 valence electrons. The lowest BCUT2D eigenvalue weighted by Gasteiger charge is -2.59. The van der Waals surface area contributed by atoms with E-state index in [-0.39, 0.29) is 10.8 Å². The van der Waals surface area contributed by atoms with E-state index in [9.17, 15) is 5.11 Å². The molecule has 19 heavy (non-hydrogen) atoms. The molecular weight excluding hydrogens is 236 g/mol. The van der Waals surface area contributed by atoms with E-state index >= 15 is 0 Å². The fraction of sp³-hybridized carbons (Fsp3) is 0.647. The highest BCUT2D eigenvalue weighted by molar-refractivity contribution is 5.36. The number of benzene rings is 1. The first-order chi connectivity index (χ1) is 9.13. The van der Waals surface area contributed by atoms with Gasteiger partial charge >= 0.3 is 0 Å². The van der Waals surface area contributed by atoms with Crippen LogP contribution in [-0.2, 0) is 10.2 Å². The van der Waals surface area contributed by atoms with Crippen molar-refractivity contribution in [1.82, 2.24) is 0 Å². The molecule has 0 spiro atoms. The van der Waals surface area contributed by atoms with Crippen LogP contribution < -0.4 is 0 Å². The van der Waals surface area contributed by atoms with Gasteiger partial charge in [-0.2, -0.15) is 0 Å². The van der Waals surface area contributed by atoms with Crippen LogP contribution in [0, 0.1) is 5.41 Å². The van der Waals surface area contributed by atoms with Crippen molar-refractivity contribution in [3.05, 3.63) is 35.4 Å². The Morgan fingerprint density at radius 1 is 1.16 bits per heavy atom. The zero-order chi connectivity index (χ0) is 13.5. The van der Waals surface area contributed by atoms with E-state index in [1.54, 1.807) is 0 Å². The molecular formula is C17H24O2. The molecule has 1 aliphatic heterocycles. The molecule has 0 bridgehead atoms. The highest BCUT2D eigenvalue weighted by Crippen LogP contribution is 2.58. The van der Waals surface area contributed by atoms with Gasteiger partial charge in [0, 0.05) is 17.4 Å². The Kier molecular flexibility index (Phi) is 3.18. The third-order valence-electron chi connectivity index (χ3n) is 5.46. The van der Waals surface area contributed by atoms with E-state index in [1.165, 1.54) is 17.5 Å². The predicted octanol–water partition coefficient (Wildman–Crippen LogP) is 3.24. The molecule has 0 amide bonds. The Labute approximate surface area is 115 Å². The minimum atomic E-state index is 0.0650. The Hall–Kier alpha value is -0.860. The first-order valence-corrected chi connectivity index (χ1v) is 7.43. The molecule has 1 aromatic rings. The van der Waals surface area contributed by atoms with Crippen LogP contribution in [-0.4, -0.2) is 24.9 Å². The number of rotatable bonds is 4. The average molecular weight is 260 g/mol. The van der Waals surface area contributed by atoms with Gasteiger partial charge in [-0.25, -0.2) is 0 Å². The normalized spacial score (nSPS) is 23.8. The molecule has 0 radical (unpaired) electrons. The van der Waals surface area contributed by atoms with Gasteiger partial charge in [0.15, 0.2) is 0 Å². The molecule has 1 saturated carbocycles. The number of aliphatic hydroxyl groups excluding tert-OH is 1. The standard InChI is InChI=1S/C17H24O2/c1-13(2)14-4-6-15(7-5-14)17(11-19-12-17)16(10-18)8-3-9-16/h4-7,13,18H,3,8-12H2,1-2H3. The van der Waals surface area contributed by atoms with E-state index < -0.39 is 0 Å². The smallest absolute Gasteiger partial charge is 0.0591 e. The van der Waals surface area contributed by atoms with Crippen LogP contribution in [0.1, 0.15) is 50.2 Å². The molecule has 2 fully saturated rings. The summed E-state index contributed by atoms with van der Waals surface area (Å²) in [5.41, 5.74) is 2.88. The second kappa shape index (κ2) is 4.60. The second-order valence-corrected chi connectivity index (χ2v) is 6.64. The van der Waals surface area contributed by atoms with Crippen molar-refractivity contribution >= 4 is 0 Å². The molecule has 3 rings (SSSR count). The maximum Gasteiger partial charge on any atom is 0.0591 e. The van der Waals surface area contributed by atoms with Gasteiger partial charge in [0.1, 0.15) is 0 Å². The molecule has 0 unspecified atom stereocenters. The van der Waals surface area contributed by atoms with Gasteiger partial charge in [-0.3, -0.25) is 0 Å². The van der Waals surface area contributed by atoms with Crippen molar-refractivity contribution < 1.29 is 9.84 Å². The van der Waals surface area contributed by atoms with Crippen molar-refractivity contribution in [2.75, 3.05) is 19.8 Å². The Balaban J connectivity index is 1.94. The molecule has 0 atom stereocenters. The summed E-state index contributed by atoms with van der Waals surface area (Å²) in [6.45, 7) is 6.28. The first kappa shape index (κ1) is 13.1. The molecule has 1 heterocycles. The summed E-state index contributed by atoms with van der Waals surface area (Å²) in [6.07, 6.45) is 3.52. The zero-order valence-electron chi connectivity index (χ0n) is 12.0. The highest BCUT2D eigenvalue weighted by atomic mass is 16.5. The summed E-state index contributed by atoms with van der Waals surface area (Å²) in [7, 11) is 0. The van der Waals surface area contributed by atoms with Crippen molar-refractivity contribution in [1.29, 1.82) is 0 Å². The molecule has 2 heteroatoms. The second-order valence-electron chi connectivity index (χ2n) is 6.64. The number of hydrogen-bond donors (Lipinski definition) is 1. The lowest BCUT2D eigenvalue weighted by atomic mass is 9.50. The summed E-state index contributed by atoms with van der Waals surface area (Å²) in [5.74, 6) is 0.568. The summed E-state index contributed by atoms with van der Waals surface area (Å²) in [6, 6.07) is 8.99. The van der Waals surface area contributed by atoms with Crippen LogP contribution in [0.15, 0.2) is 24.3 Å². The van der Waals surface area contributed by atoms with Crippen molar-refractivity contribution in [3.63, 3.8) is 0 Å². The molecule has 2 aliphatic rings. The van der Waals surface area contributed by atoms with Crippen LogP contribution in [0.2, 0.25) is 0 Å². The monoisotopic (exact) mass is 260 g/mol. The summed E-state index contributed by atoms with van der Waals surface area (Å²) >= 11 is 0. The third kappa shape index (κ3) is 1.77. The summed E-state index contributed by atoms with van der Waals surface area (Å²) in [4.78, 5) is 0. The van der Waals surface area contributed by atoms with E-state index in [2.05, 4.69) is 38.1 Å². The van der Waals surface area contributed by atoms with Crippen LogP contribution in [0.3, 0.4) is 0 Å². The van der Waals surface area contributed by atoms with Gasteiger partial charge in [0.25, 0.3) is 0 Å². The van der Waals surface area contributed by atoms with Crippen molar-refractivity contribution in [3.8, 4) is 0 Å². The SMILES string of the molecule is CC(C)c1ccc(C2(C3(CO)CCC3)COC2)cc1. The zero-order valence-corrected chi connectivity index (χ0v) is 12.0. The van der Waals surface area contributed by atoms with Crippen LogP contribution in [0.5, 0.6) is 0 Å². The lowest BCUT2D eigenvalue weighted by molar-refractivity contribution is -0.173. The van der Waals surface area contributed by atoms with Crippen LogP contribution >= 0.6 is 0 Å². The molecule has 1 aromatic carbocycles. The minimum Gasteiger partial charge on any atom is -0.396 e. The summed E-state index contributed by atoms with van der Waals surface area (Å²) in [5, 5.41) is 9.89. The minimum absolute atomic E-state index is 0.0650. The molecule has 2 nitrogen and oxygen atoms in total. The third-order valence-corrected chi connectivity index (χ3v) is 5.46. The maximum absolute atomic E-state index is 9.89. The molecule has 1 N–H and O–H groups in total. The van der Waals surface area contributed by atoms with E-state index in [4.69, 9.17) is 4.74 Å². The van der Waals surface area contributed by atoms with Gasteiger partial charge in [-0.1, -0.05) is 44.5 Å². The van der Waals surface area contributed by atoms with Crippen molar-refractivity contribution in [2.24, 2.45) is 5.41 Å². The average Bonchev–Trinajstić information content (AvgIpc) is 2.31. The molecule has 1 aliphatic carbocycles. The van der Waals surface area contributed by atoms with E-state index in [1.807, 2.05) is 0 Å². The first-order valence-electron chi connectivity index (χ1n) is 7.43. The highest BCUT2D eigenvalue weighted by Gasteiger charge is 2.59. The number of aliphatic hydroxyl groups is 1. The number of hydrogen-bond acceptors (Lipinski definition) is 2. The van der Waals surface area contributed by atoms with Gasteiger partial charge in [-0.15, -0.1) is 0 Å². The Bertz CT molecular complexity index is 433. The fourth-order valence-corrected chi connectivity index (χ4v) is 3.66. The maximum atomic E-state index is 9.89. The Morgan fingerprint density at radius 3 is 2.11 bits per heavy atom. The fourth-order valence-electron chi connectivity index (χ4n) is 3.66. The van der Waals surface area contributed by atoms with Gasteiger partial charge < -0.3 is 9.84 Å². The lowest BCUT2D eigenvalue weighted by Crippen LogP contribution is -2.63. The van der Waals surface area contributed by atoms with Crippen molar-refractivity contribution in [2.45, 2.75) is 44.4 Å². The van der Waals surface area contributed by atoms with Gasteiger partial charge in [0.2, 0.25) is 0 Å². The predicted molar refractivity (Wildman–Crippen MR) is 76.4 cm³/mol. The van der Waals surface area contributed by atoms with Crippen LogP contribution in [0.25, 0.3) is 0 Å². The molecule has 1 saturated heterocycles. The van der Waals surface area contributed by atoms with Gasteiger partial charge in [-0.05, 0) is 29.9 Å². The quantitative estimate of drug-likeness (QED) is 0.900. The topological polar surface area (TPSA) is 29.5 Å². The van der Waals surface area contributed by atoms with Gasteiger partial charge in [0.05, 0.1) is 13.2 Å². The van der Waals surface area contributed by atoms with E-state index in [0.29, 0.717) is 12.5 Å².